The summed E-state index contributed by atoms with van der Waals surface area (Å²) in [4.78, 5) is 0. The molecule has 0 amide bonds. The minimum atomic E-state index is 0.981. The molecule has 0 aromatic heterocycles. The third-order valence-corrected chi connectivity index (χ3v) is 2.76. The van der Waals surface area contributed by atoms with E-state index in [2.05, 4.69) is 27.7 Å². The van der Waals surface area contributed by atoms with Gasteiger partial charge < -0.3 is 0 Å². The van der Waals surface area contributed by atoms with E-state index in [1.165, 1.54) is 25.3 Å². The Hall–Kier alpha value is 0.130. The van der Waals surface area contributed by atoms with Crippen molar-refractivity contribution < 1.29 is 0 Å². The highest BCUT2D eigenvalue weighted by Crippen LogP contribution is 2.09. The first kappa shape index (κ1) is 10.1. The molecule has 0 fully saturated rings. The van der Waals surface area contributed by atoms with Gasteiger partial charge in [0.15, 0.2) is 0 Å². The number of hydrogen-bond acceptors (Lipinski definition) is 0. The standard InChI is InChI=1S/C8H20B2/c1-5-9(6-2)10(7-3)8-4/h5-8H2,1-4H3. The maximum absolute atomic E-state index is 2.31. The van der Waals surface area contributed by atoms with Crippen LogP contribution in [0.2, 0.25) is 25.3 Å². The predicted molar refractivity (Wildman–Crippen MR) is 53.4 cm³/mol. The second-order valence-corrected chi connectivity index (χ2v) is 3.15. The van der Waals surface area contributed by atoms with Gasteiger partial charge in [0.05, 0.1) is 0 Å². The van der Waals surface area contributed by atoms with Gasteiger partial charge in [0.1, 0.15) is 13.2 Å². The predicted octanol–water partition coefficient (Wildman–Crippen LogP) is 3.13. The van der Waals surface area contributed by atoms with Crippen LogP contribution in [0, 0.1) is 0 Å². The van der Waals surface area contributed by atoms with E-state index in [-0.39, 0.29) is 0 Å². The van der Waals surface area contributed by atoms with Crippen molar-refractivity contribution in [2.45, 2.75) is 53.0 Å². The van der Waals surface area contributed by atoms with Gasteiger partial charge in [-0.15, -0.1) is 0 Å². The van der Waals surface area contributed by atoms with Gasteiger partial charge in [0.2, 0.25) is 0 Å². The number of hydrogen-bond donors (Lipinski definition) is 0. The smallest absolute Gasteiger partial charge is 0.0831 e. The Kier molecular flexibility index (Phi) is 5.96. The molecule has 0 aliphatic rings. The first-order chi connectivity index (χ1) is 4.79. The second kappa shape index (κ2) is 5.88. The molecule has 0 aromatic carbocycles. The van der Waals surface area contributed by atoms with Crippen LogP contribution < -0.4 is 0 Å². The summed E-state index contributed by atoms with van der Waals surface area (Å²) in [6.07, 6.45) is 5.46. The highest BCUT2D eigenvalue weighted by molar-refractivity contribution is 7.22. The van der Waals surface area contributed by atoms with Crippen molar-refractivity contribution >= 4 is 13.2 Å². The fraction of sp³-hybridized carbons (Fsp3) is 1.00. The molecule has 0 aromatic rings. The SMILES string of the molecule is CCB(CC)B(CC)CC. The molecule has 0 saturated carbocycles. The summed E-state index contributed by atoms with van der Waals surface area (Å²) < 4.78 is 0. The van der Waals surface area contributed by atoms with Gasteiger partial charge in [-0.1, -0.05) is 53.0 Å². The molecule has 0 heterocycles. The van der Waals surface area contributed by atoms with E-state index >= 15 is 0 Å². The minimum absolute atomic E-state index is 0.981. The average Bonchev–Trinajstić information content (AvgIpc) is 2.00. The van der Waals surface area contributed by atoms with Crippen molar-refractivity contribution in [1.82, 2.24) is 0 Å². The first-order valence-corrected chi connectivity index (χ1v) is 4.79. The summed E-state index contributed by atoms with van der Waals surface area (Å²) in [6.45, 7) is 11.2. The van der Waals surface area contributed by atoms with Crippen LogP contribution in [0.4, 0.5) is 0 Å². The van der Waals surface area contributed by atoms with Crippen LogP contribution in [0.15, 0.2) is 0 Å². The monoisotopic (exact) mass is 138 g/mol. The summed E-state index contributed by atoms with van der Waals surface area (Å²) in [7, 11) is 0. The van der Waals surface area contributed by atoms with E-state index in [4.69, 9.17) is 0 Å². The van der Waals surface area contributed by atoms with Crippen LogP contribution in [0.5, 0.6) is 0 Å². The summed E-state index contributed by atoms with van der Waals surface area (Å²) >= 11 is 0. The molecule has 0 rings (SSSR count). The fourth-order valence-electron chi connectivity index (χ4n) is 1.91. The van der Waals surface area contributed by atoms with Crippen LogP contribution >= 0.6 is 0 Å². The van der Waals surface area contributed by atoms with E-state index in [9.17, 15) is 0 Å². The van der Waals surface area contributed by atoms with Crippen LogP contribution in [-0.2, 0) is 0 Å². The lowest BCUT2D eigenvalue weighted by atomic mass is 9.05. The molecule has 0 aliphatic heterocycles. The number of rotatable bonds is 5. The highest BCUT2D eigenvalue weighted by atomic mass is 13.7. The van der Waals surface area contributed by atoms with E-state index in [1.807, 2.05) is 0 Å². The second-order valence-electron chi connectivity index (χ2n) is 3.15. The third-order valence-electron chi connectivity index (χ3n) is 2.76. The molecule has 0 atom stereocenters. The van der Waals surface area contributed by atoms with Gasteiger partial charge in [-0.3, -0.25) is 0 Å². The van der Waals surface area contributed by atoms with E-state index in [1.54, 1.807) is 0 Å². The van der Waals surface area contributed by atoms with Crippen molar-refractivity contribution in [3.8, 4) is 0 Å². The van der Waals surface area contributed by atoms with E-state index < -0.39 is 0 Å². The van der Waals surface area contributed by atoms with Gasteiger partial charge in [-0.2, -0.15) is 0 Å². The maximum Gasteiger partial charge on any atom is 0.108 e. The van der Waals surface area contributed by atoms with Crippen LogP contribution in [-0.4, -0.2) is 13.2 Å². The normalized spacial score (nSPS) is 9.60. The van der Waals surface area contributed by atoms with Gasteiger partial charge in [0.25, 0.3) is 0 Å². The largest absolute Gasteiger partial charge is 0.108 e. The highest BCUT2D eigenvalue weighted by Gasteiger charge is 2.20. The summed E-state index contributed by atoms with van der Waals surface area (Å²) in [5, 5.41) is 0. The molecule has 0 saturated heterocycles. The summed E-state index contributed by atoms with van der Waals surface area (Å²) in [5.41, 5.74) is 0. The Morgan fingerprint density at radius 3 is 0.900 bits per heavy atom. The lowest BCUT2D eigenvalue weighted by molar-refractivity contribution is 1.29. The Morgan fingerprint density at radius 2 is 0.800 bits per heavy atom. The van der Waals surface area contributed by atoms with E-state index in [0.717, 1.165) is 13.2 Å². The molecule has 2 heteroatoms. The average molecular weight is 138 g/mol. The van der Waals surface area contributed by atoms with Gasteiger partial charge >= 0.3 is 0 Å². The van der Waals surface area contributed by atoms with Gasteiger partial charge in [-0.25, -0.2) is 0 Å². The van der Waals surface area contributed by atoms with Crippen molar-refractivity contribution in [2.24, 2.45) is 0 Å². The van der Waals surface area contributed by atoms with Crippen molar-refractivity contribution in [1.29, 1.82) is 0 Å². The maximum atomic E-state index is 2.31. The topological polar surface area (TPSA) is 0 Å². The Balaban J connectivity index is 3.70. The molecule has 0 aliphatic carbocycles. The molecule has 10 heavy (non-hydrogen) atoms. The Bertz CT molecular complexity index is 55.7. The Morgan fingerprint density at radius 1 is 0.600 bits per heavy atom. The van der Waals surface area contributed by atoms with Gasteiger partial charge in [-0.05, 0) is 0 Å². The molecule has 58 valence electrons. The summed E-state index contributed by atoms with van der Waals surface area (Å²) in [6, 6.07) is 0. The van der Waals surface area contributed by atoms with Crippen molar-refractivity contribution in [3.63, 3.8) is 0 Å². The third kappa shape index (κ3) is 2.81. The van der Waals surface area contributed by atoms with Crippen molar-refractivity contribution in [3.05, 3.63) is 0 Å². The van der Waals surface area contributed by atoms with Crippen LogP contribution in [0.25, 0.3) is 0 Å². The van der Waals surface area contributed by atoms with E-state index in [0.29, 0.717) is 0 Å². The van der Waals surface area contributed by atoms with Crippen molar-refractivity contribution in [2.75, 3.05) is 0 Å². The minimum Gasteiger partial charge on any atom is -0.0831 e. The molecular formula is C8H20B2. The molecule has 0 unspecified atom stereocenters. The zero-order valence-corrected chi connectivity index (χ0v) is 7.98. The molecule has 0 radical (unpaired) electrons. The molecule has 0 spiro atoms. The fourth-order valence-corrected chi connectivity index (χ4v) is 1.91. The van der Waals surface area contributed by atoms with Gasteiger partial charge in [0, 0.05) is 0 Å². The quantitative estimate of drug-likeness (QED) is 0.511. The van der Waals surface area contributed by atoms with Crippen LogP contribution in [0.1, 0.15) is 27.7 Å². The lowest BCUT2D eigenvalue weighted by Gasteiger charge is -2.15. The molecule has 0 nitrogen and oxygen atoms in total. The molecule has 0 bridgehead atoms. The first-order valence-electron chi connectivity index (χ1n) is 4.79. The molecule has 0 N–H and O–H groups in total. The zero-order valence-electron chi connectivity index (χ0n) is 7.98. The lowest BCUT2D eigenvalue weighted by Crippen LogP contribution is -2.32. The molecular weight excluding hydrogens is 118 g/mol. The zero-order chi connectivity index (χ0) is 7.98. The van der Waals surface area contributed by atoms with Crippen LogP contribution in [0.3, 0.4) is 0 Å². The Labute approximate surface area is 66.9 Å². The summed E-state index contributed by atoms with van der Waals surface area (Å²) in [5.74, 6) is 0.